The highest BCUT2D eigenvalue weighted by atomic mass is 35.5. The molecule has 31 heavy (non-hydrogen) atoms. The smallest absolute Gasteiger partial charge is 0.408 e. The molecule has 0 aliphatic heterocycles. The van der Waals surface area contributed by atoms with Crippen LogP contribution in [0.25, 0.3) is 22.5 Å². The Kier molecular flexibility index (Phi) is 6.31. The van der Waals surface area contributed by atoms with E-state index in [0.29, 0.717) is 11.1 Å². The first-order valence-electron chi connectivity index (χ1n) is 9.53. The van der Waals surface area contributed by atoms with E-state index < -0.39 is 29.4 Å². The molecule has 1 atom stereocenters. The SMILES string of the molecule is Cc1nc(-c2c(F)cc(Cl)cc2-c2ccc([C@@H](C)NC(=O)OC(C)(C)C)c(F)c2)no1. The highest BCUT2D eigenvalue weighted by Gasteiger charge is 2.22. The quantitative estimate of drug-likeness (QED) is 0.511. The highest BCUT2D eigenvalue weighted by Crippen LogP contribution is 2.36. The summed E-state index contributed by atoms with van der Waals surface area (Å²) in [5.41, 5.74) is 0.295. The van der Waals surface area contributed by atoms with E-state index in [-0.39, 0.29) is 27.9 Å². The van der Waals surface area contributed by atoms with Gasteiger partial charge in [0, 0.05) is 17.5 Å². The summed E-state index contributed by atoms with van der Waals surface area (Å²) in [6.45, 7) is 8.42. The minimum atomic E-state index is -0.674. The van der Waals surface area contributed by atoms with Gasteiger partial charge < -0.3 is 14.6 Å². The van der Waals surface area contributed by atoms with Crippen LogP contribution in [0.4, 0.5) is 13.6 Å². The van der Waals surface area contributed by atoms with Crippen LogP contribution in [0, 0.1) is 18.6 Å². The van der Waals surface area contributed by atoms with Crippen LogP contribution in [0.15, 0.2) is 34.9 Å². The van der Waals surface area contributed by atoms with E-state index in [1.165, 1.54) is 18.2 Å². The Bertz CT molecular complexity index is 1130. The zero-order chi connectivity index (χ0) is 22.9. The summed E-state index contributed by atoms with van der Waals surface area (Å²) < 4.78 is 39.8. The number of carbonyl (C=O) groups is 1. The van der Waals surface area contributed by atoms with E-state index in [1.807, 2.05) is 0 Å². The predicted octanol–water partition coefficient (Wildman–Crippen LogP) is 6.23. The summed E-state index contributed by atoms with van der Waals surface area (Å²) in [5.74, 6) is -0.950. The molecule has 0 aliphatic rings. The van der Waals surface area contributed by atoms with Gasteiger partial charge in [-0.2, -0.15) is 4.98 Å². The standard InChI is InChI=1S/C22H22ClF2N3O3/c1-11(26-21(29)30-22(3,4)5)15-7-6-13(8-17(15)24)16-9-14(23)10-18(25)19(16)20-27-12(2)31-28-20/h6-11H,1-5H3,(H,26,29)/t11-/m1/s1. The lowest BCUT2D eigenvalue weighted by Crippen LogP contribution is -2.34. The molecule has 9 heteroatoms. The van der Waals surface area contributed by atoms with Crippen molar-refractivity contribution in [3.63, 3.8) is 0 Å². The maximum absolute atomic E-state index is 14.9. The number of ether oxygens (including phenoxy) is 1. The number of alkyl carbamates (subject to hydrolysis) is 1. The Hall–Kier alpha value is -3.00. The van der Waals surface area contributed by atoms with Crippen molar-refractivity contribution in [3.8, 4) is 22.5 Å². The van der Waals surface area contributed by atoms with Gasteiger partial charge in [0.2, 0.25) is 11.7 Å². The number of amides is 1. The summed E-state index contributed by atoms with van der Waals surface area (Å²) in [4.78, 5) is 16.1. The minimum Gasteiger partial charge on any atom is -0.444 e. The van der Waals surface area contributed by atoms with E-state index in [0.717, 1.165) is 6.07 Å². The number of rotatable bonds is 4. The first kappa shape index (κ1) is 22.7. The van der Waals surface area contributed by atoms with Gasteiger partial charge in [0.05, 0.1) is 11.6 Å². The molecule has 1 N–H and O–H groups in total. The highest BCUT2D eigenvalue weighted by molar-refractivity contribution is 6.31. The van der Waals surface area contributed by atoms with Crippen LogP contribution in [0.2, 0.25) is 5.02 Å². The number of nitrogens with one attached hydrogen (secondary N) is 1. The molecule has 0 unspecified atom stereocenters. The normalized spacial score (nSPS) is 12.5. The van der Waals surface area contributed by atoms with Gasteiger partial charge in [-0.15, -0.1) is 0 Å². The molecule has 3 aromatic rings. The summed E-state index contributed by atoms with van der Waals surface area (Å²) in [7, 11) is 0. The molecule has 1 aromatic heterocycles. The predicted molar refractivity (Wildman–Crippen MR) is 113 cm³/mol. The van der Waals surface area contributed by atoms with Crippen molar-refractivity contribution in [3.05, 3.63) is 58.4 Å². The third-order valence-electron chi connectivity index (χ3n) is 4.32. The summed E-state index contributed by atoms with van der Waals surface area (Å²) >= 11 is 6.04. The van der Waals surface area contributed by atoms with Gasteiger partial charge in [0.15, 0.2) is 0 Å². The Morgan fingerprint density at radius 1 is 1.19 bits per heavy atom. The Labute approximate surface area is 183 Å². The lowest BCUT2D eigenvalue weighted by atomic mass is 9.96. The van der Waals surface area contributed by atoms with Crippen LogP contribution in [-0.4, -0.2) is 21.8 Å². The molecule has 0 aliphatic carbocycles. The van der Waals surface area contributed by atoms with Crippen molar-refractivity contribution in [2.45, 2.75) is 46.3 Å². The largest absolute Gasteiger partial charge is 0.444 e. The van der Waals surface area contributed by atoms with Crippen molar-refractivity contribution in [1.82, 2.24) is 15.5 Å². The van der Waals surface area contributed by atoms with Crippen LogP contribution in [0.5, 0.6) is 0 Å². The van der Waals surface area contributed by atoms with E-state index in [4.69, 9.17) is 20.9 Å². The Balaban J connectivity index is 1.96. The van der Waals surface area contributed by atoms with E-state index >= 15 is 0 Å². The summed E-state index contributed by atoms with van der Waals surface area (Å²) in [5, 5.41) is 6.50. The van der Waals surface area contributed by atoms with Crippen LogP contribution >= 0.6 is 11.6 Å². The van der Waals surface area contributed by atoms with Gasteiger partial charge >= 0.3 is 6.09 Å². The number of benzene rings is 2. The Morgan fingerprint density at radius 2 is 1.90 bits per heavy atom. The van der Waals surface area contributed by atoms with Gasteiger partial charge in [-0.25, -0.2) is 13.6 Å². The second-order valence-corrected chi connectivity index (χ2v) is 8.49. The van der Waals surface area contributed by atoms with Crippen molar-refractivity contribution in [2.24, 2.45) is 0 Å². The van der Waals surface area contributed by atoms with Crippen molar-refractivity contribution in [1.29, 1.82) is 0 Å². The number of nitrogens with zero attached hydrogens (tertiary/aromatic N) is 2. The average molecular weight is 450 g/mol. The van der Waals surface area contributed by atoms with Gasteiger partial charge in [0.1, 0.15) is 17.2 Å². The molecule has 0 saturated carbocycles. The molecule has 0 radical (unpaired) electrons. The average Bonchev–Trinajstić information content (AvgIpc) is 3.04. The van der Waals surface area contributed by atoms with Gasteiger partial charge in [-0.1, -0.05) is 28.9 Å². The molecule has 0 spiro atoms. The molecular formula is C22H22ClF2N3O3. The molecule has 1 heterocycles. The molecule has 1 amide bonds. The van der Waals surface area contributed by atoms with Gasteiger partial charge in [-0.05, 0) is 57.0 Å². The topological polar surface area (TPSA) is 77.2 Å². The third-order valence-corrected chi connectivity index (χ3v) is 4.54. The van der Waals surface area contributed by atoms with Crippen molar-refractivity contribution in [2.75, 3.05) is 0 Å². The number of aromatic nitrogens is 2. The van der Waals surface area contributed by atoms with E-state index in [9.17, 15) is 13.6 Å². The molecule has 0 bridgehead atoms. The second kappa shape index (κ2) is 8.63. The van der Waals surface area contributed by atoms with Crippen molar-refractivity contribution >= 4 is 17.7 Å². The number of hydrogen-bond acceptors (Lipinski definition) is 5. The second-order valence-electron chi connectivity index (χ2n) is 8.05. The molecule has 164 valence electrons. The van der Waals surface area contributed by atoms with E-state index in [2.05, 4.69) is 15.5 Å². The zero-order valence-corrected chi connectivity index (χ0v) is 18.5. The summed E-state index contributed by atoms with van der Waals surface area (Å²) in [6, 6.07) is 6.33. The number of halogens is 3. The molecular weight excluding hydrogens is 428 g/mol. The summed E-state index contributed by atoms with van der Waals surface area (Å²) in [6.07, 6.45) is -0.657. The fraction of sp³-hybridized carbons (Fsp3) is 0.318. The maximum Gasteiger partial charge on any atom is 0.408 e. The monoisotopic (exact) mass is 449 g/mol. The lowest BCUT2D eigenvalue weighted by Gasteiger charge is -2.22. The van der Waals surface area contributed by atoms with Gasteiger partial charge in [-0.3, -0.25) is 0 Å². The number of carbonyl (C=O) groups excluding carboxylic acids is 1. The molecule has 3 rings (SSSR count). The molecule has 6 nitrogen and oxygen atoms in total. The lowest BCUT2D eigenvalue weighted by molar-refractivity contribution is 0.0507. The van der Waals surface area contributed by atoms with Crippen LogP contribution < -0.4 is 5.32 Å². The third kappa shape index (κ3) is 5.38. The maximum atomic E-state index is 14.9. The van der Waals surface area contributed by atoms with Crippen LogP contribution in [0.3, 0.4) is 0 Å². The molecule has 2 aromatic carbocycles. The minimum absolute atomic E-state index is 0.0334. The first-order chi connectivity index (χ1) is 14.4. The fourth-order valence-corrected chi connectivity index (χ4v) is 3.24. The molecule has 0 saturated heterocycles. The Morgan fingerprint density at radius 3 is 2.48 bits per heavy atom. The number of aryl methyl sites for hydroxylation is 1. The fourth-order valence-electron chi connectivity index (χ4n) is 3.04. The molecule has 0 fully saturated rings. The van der Waals surface area contributed by atoms with Crippen molar-refractivity contribution < 1.29 is 22.8 Å². The van der Waals surface area contributed by atoms with Gasteiger partial charge in [0.25, 0.3) is 0 Å². The van der Waals surface area contributed by atoms with Crippen LogP contribution in [-0.2, 0) is 4.74 Å². The first-order valence-corrected chi connectivity index (χ1v) is 9.91. The zero-order valence-electron chi connectivity index (χ0n) is 17.7. The van der Waals surface area contributed by atoms with E-state index in [1.54, 1.807) is 40.7 Å². The number of hydrogen-bond donors (Lipinski definition) is 1. The van der Waals surface area contributed by atoms with Crippen LogP contribution in [0.1, 0.15) is 45.2 Å².